The van der Waals surface area contributed by atoms with Crippen LogP contribution in [-0.4, -0.2) is 0 Å². The van der Waals surface area contributed by atoms with Crippen molar-refractivity contribution in [2.24, 2.45) is 0 Å². The molecule has 2 aromatic carbocycles. The van der Waals surface area contributed by atoms with Gasteiger partial charge in [0.05, 0.1) is 0 Å². The van der Waals surface area contributed by atoms with Crippen molar-refractivity contribution in [2.75, 3.05) is 0 Å². The van der Waals surface area contributed by atoms with Crippen LogP contribution < -0.4 is 4.57 Å². The molecule has 0 atom stereocenters. The van der Waals surface area contributed by atoms with Crippen molar-refractivity contribution < 1.29 is 4.57 Å². The van der Waals surface area contributed by atoms with Gasteiger partial charge in [-0.15, -0.1) is 0 Å². The average Bonchev–Trinajstić information content (AvgIpc) is 2.49. The third-order valence-corrected chi connectivity index (χ3v) is 4.57. The smallest absolute Gasteiger partial charge is 0.191 e. The summed E-state index contributed by atoms with van der Waals surface area (Å²) in [4.78, 5) is 0. The molecule has 0 N–H and O–H groups in total. The van der Waals surface area contributed by atoms with E-state index in [4.69, 9.17) is 0 Å². The van der Waals surface area contributed by atoms with Crippen LogP contribution in [0.2, 0.25) is 0 Å². The van der Waals surface area contributed by atoms with Gasteiger partial charge in [0.25, 0.3) is 0 Å². The van der Waals surface area contributed by atoms with Gasteiger partial charge >= 0.3 is 0 Å². The average molecular weight is 276 g/mol. The predicted octanol–water partition coefficient (Wildman–Crippen LogP) is 4.41. The molecule has 0 unspecified atom stereocenters. The van der Waals surface area contributed by atoms with E-state index in [1.54, 1.807) is 0 Å². The fraction of sp³-hybridized carbons (Fsp3) is 0.250. The molecular formula is C20H22N+. The second-order valence-electron chi connectivity index (χ2n) is 5.92. The molecule has 0 radical (unpaired) electrons. The quantitative estimate of drug-likeness (QED) is 0.610. The van der Waals surface area contributed by atoms with Crippen LogP contribution in [0.15, 0.2) is 48.5 Å². The molecule has 0 bridgehead atoms. The summed E-state index contributed by atoms with van der Waals surface area (Å²) in [6, 6.07) is 17.5. The number of nitrogens with zero attached hydrogens (tertiary/aromatic N) is 1. The minimum atomic E-state index is 0.924. The van der Waals surface area contributed by atoms with E-state index >= 15 is 0 Å². The van der Waals surface area contributed by atoms with Gasteiger partial charge in [-0.05, 0) is 38.0 Å². The highest BCUT2D eigenvalue weighted by molar-refractivity contribution is 5.81. The Morgan fingerprint density at radius 2 is 1.52 bits per heavy atom. The lowest BCUT2D eigenvalue weighted by molar-refractivity contribution is -0.668. The zero-order valence-corrected chi connectivity index (χ0v) is 13.3. The van der Waals surface area contributed by atoms with Crippen molar-refractivity contribution in [3.05, 3.63) is 76.5 Å². The minimum Gasteiger partial charge on any atom is -0.191 e. The lowest BCUT2D eigenvalue weighted by atomic mass is 10.0. The van der Waals surface area contributed by atoms with Gasteiger partial charge in [0, 0.05) is 29.5 Å². The van der Waals surface area contributed by atoms with Crippen LogP contribution in [0.3, 0.4) is 0 Å². The summed E-state index contributed by atoms with van der Waals surface area (Å²) in [5.41, 5.74) is 8.11. The molecule has 0 saturated heterocycles. The Labute approximate surface area is 126 Å². The number of aromatic nitrogens is 1. The second kappa shape index (κ2) is 5.33. The number of aryl methyl sites for hydroxylation is 3. The molecule has 0 aliphatic carbocycles. The van der Waals surface area contributed by atoms with E-state index in [1.807, 2.05) is 0 Å². The Kier molecular flexibility index (Phi) is 3.50. The number of fused-ring (bicyclic) bond motifs is 1. The van der Waals surface area contributed by atoms with Crippen LogP contribution in [0.4, 0.5) is 0 Å². The summed E-state index contributed by atoms with van der Waals surface area (Å²) in [7, 11) is 0. The van der Waals surface area contributed by atoms with Crippen LogP contribution in [0.25, 0.3) is 10.9 Å². The highest BCUT2D eigenvalue weighted by Crippen LogP contribution is 2.21. The number of pyridine rings is 1. The highest BCUT2D eigenvalue weighted by atomic mass is 15.0. The van der Waals surface area contributed by atoms with Gasteiger partial charge in [-0.25, -0.2) is 0 Å². The summed E-state index contributed by atoms with van der Waals surface area (Å²) in [6.45, 7) is 9.75. The van der Waals surface area contributed by atoms with Crippen molar-refractivity contribution in [2.45, 2.75) is 34.2 Å². The fourth-order valence-corrected chi connectivity index (χ4v) is 2.93. The van der Waals surface area contributed by atoms with Gasteiger partial charge in [-0.3, -0.25) is 0 Å². The molecule has 0 aliphatic heterocycles. The van der Waals surface area contributed by atoms with Gasteiger partial charge in [-0.1, -0.05) is 36.4 Å². The highest BCUT2D eigenvalue weighted by Gasteiger charge is 2.17. The summed E-state index contributed by atoms with van der Waals surface area (Å²) in [6.07, 6.45) is 0. The van der Waals surface area contributed by atoms with E-state index in [2.05, 4.69) is 80.8 Å². The third kappa shape index (κ3) is 2.44. The molecule has 106 valence electrons. The lowest BCUT2D eigenvalue weighted by Crippen LogP contribution is -2.39. The molecule has 3 aromatic rings. The van der Waals surface area contributed by atoms with E-state index in [0.717, 1.165) is 6.54 Å². The Balaban J connectivity index is 2.25. The van der Waals surface area contributed by atoms with E-state index in [1.165, 1.54) is 38.9 Å². The van der Waals surface area contributed by atoms with Crippen LogP contribution in [-0.2, 0) is 6.54 Å². The van der Waals surface area contributed by atoms with Gasteiger partial charge in [0.1, 0.15) is 0 Å². The van der Waals surface area contributed by atoms with Crippen molar-refractivity contribution >= 4 is 10.9 Å². The first kappa shape index (κ1) is 13.8. The van der Waals surface area contributed by atoms with Gasteiger partial charge < -0.3 is 0 Å². The molecule has 3 rings (SSSR count). The number of rotatable bonds is 2. The zero-order chi connectivity index (χ0) is 15.0. The predicted molar refractivity (Wildman–Crippen MR) is 88.6 cm³/mol. The number of hydrogen-bond acceptors (Lipinski definition) is 0. The largest absolute Gasteiger partial charge is 0.213 e. The van der Waals surface area contributed by atoms with Crippen molar-refractivity contribution in [3.8, 4) is 0 Å². The summed E-state index contributed by atoms with van der Waals surface area (Å²) in [5.74, 6) is 0. The first-order valence-electron chi connectivity index (χ1n) is 7.52. The maximum absolute atomic E-state index is 2.44. The molecular weight excluding hydrogens is 254 g/mol. The van der Waals surface area contributed by atoms with Crippen molar-refractivity contribution in [1.82, 2.24) is 0 Å². The molecule has 0 fully saturated rings. The molecule has 0 aliphatic rings. The van der Waals surface area contributed by atoms with Crippen LogP contribution >= 0.6 is 0 Å². The summed E-state index contributed by atoms with van der Waals surface area (Å²) in [5, 5.41) is 1.37. The van der Waals surface area contributed by atoms with Crippen molar-refractivity contribution in [1.29, 1.82) is 0 Å². The molecule has 1 aromatic heterocycles. The van der Waals surface area contributed by atoms with Gasteiger partial charge in [0.15, 0.2) is 12.2 Å². The maximum atomic E-state index is 2.44. The SMILES string of the molecule is Cc1ccc2c(cc(C)c(C)[n+]2Cc2ccccc2)c1C. The van der Waals surface area contributed by atoms with Crippen molar-refractivity contribution in [3.63, 3.8) is 0 Å². The Hall–Kier alpha value is -2.15. The fourth-order valence-electron chi connectivity index (χ4n) is 2.93. The molecule has 1 nitrogen and oxygen atoms in total. The number of hydrogen-bond donors (Lipinski definition) is 0. The Morgan fingerprint density at radius 1 is 0.810 bits per heavy atom. The molecule has 0 saturated carbocycles. The molecule has 1 heteroatoms. The molecule has 0 amide bonds. The summed E-state index contributed by atoms with van der Waals surface area (Å²) >= 11 is 0. The zero-order valence-electron chi connectivity index (χ0n) is 13.3. The molecule has 0 spiro atoms. The van der Waals surface area contributed by atoms with Gasteiger partial charge in [-0.2, -0.15) is 4.57 Å². The van der Waals surface area contributed by atoms with Gasteiger partial charge in [0.2, 0.25) is 5.52 Å². The Bertz CT molecular complexity index is 801. The molecule has 21 heavy (non-hydrogen) atoms. The van der Waals surface area contributed by atoms with Crippen LogP contribution in [0.5, 0.6) is 0 Å². The number of benzene rings is 2. The topological polar surface area (TPSA) is 3.88 Å². The van der Waals surface area contributed by atoms with E-state index < -0.39 is 0 Å². The summed E-state index contributed by atoms with van der Waals surface area (Å²) < 4.78 is 2.44. The van der Waals surface area contributed by atoms with E-state index in [-0.39, 0.29) is 0 Å². The standard InChI is InChI=1S/C20H22N/c1-14-10-11-20-19(16(14)3)12-15(2)17(4)21(20)13-18-8-6-5-7-9-18/h5-12H,13H2,1-4H3/q+1. The van der Waals surface area contributed by atoms with Crippen LogP contribution in [0.1, 0.15) is 27.9 Å². The normalized spacial score (nSPS) is 11.0. The molecule has 1 heterocycles. The van der Waals surface area contributed by atoms with E-state index in [0.29, 0.717) is 0 Å². The first-order chi connectivity index (χ1) is 10.1. The maximum Gasteiger partial charge on any atom is 0.213 e. The second-order valence-corrected chi connectivity index (χ2v) is 5.92. The third-order valence-electron chi connectivity index (χ3n) is 4.57. The van der Waals surface area contributed by atoms with Crippen LogP contribution in [0, 0.1) is 27.7 Å². The minimum absolute atomic E-state index is 0.924. The monoisotopic (exact) mass is 276 g/mol. The first-order valence-corrected chi connectivity index (χ1v) is 7.52. The lowest BCUT2D eigenvalue weighted by Gasteiger charge is -2.10. The Morgan fingerprint density at radius 3 is 2.24 bits per heavy atom. The van der Waals surface area contributed by atoms with E-state index in [9.17, 15) is 0 Å².